The van der Waals surface area contributed by atoms with E-state index in [1.807, 2.05) is 0 Å². The van der Waals surface area contributed by atoms with Crippen LogP contribution in [0.2, 0.25) is 0 Å². The molecule has 1 aromatic rings. The Morgan fingerprint density at radius 3 is 3.00 bits per heavy atom. The largest absolute Gasteiger partial charge is 0.375 e. The SMILES string of the molecule is Cc1ccc(CN)c(N2CCOC(C)C2)c1. The fraction of sp³-hybridized carbons (Fsp3) is 0.538. The Hall–Kier alpha value is -1.06. The molecule has 3 nitrogen and oxygen atoms in total. The fourth-order valence-electron chi connectivity index (χ4n) is 2.18. The molecule has 1 saturated heterocycles. The van der Waals surface area contributed by atoms with Crippen LogP contribution in [0.3, 0.4) is 0 Å². The number of nitrogens with zero attached hydrogens (tertiary/aromatic N) is 1. The van der Waals surface area contributed by atoms with Crippen molar-refractivity contribution in [1.29, 1.82) is 0 Å². The number of morpholine rings is 1. The first-order valence-electron chi connectivity index (χ1n) is 5.87. The molecule has 0 aromatic heterocycles. The van der Waals surface area contributed by atoms with Crippen LogP contribution in [-0.4, -0.2) is 25.8 Å². The van der Waals surface area contributed by atoms with E-state index >= 15 is 0 Å². The topological polar surface area (TPSA) is 38.5 Å². The van der Waals surface area contributed by atoms with E-state index < -0.39 is 0 Å². The van der Waals surface area contributed by atoms with Crippen LogP contribution >= 0.6 is 0 Å². The first-order valence-corrected chi connectivity index (χ1v) is 5.87. The van der Waals surface area contributed by atoms with E-state index in [2.05, 4.69) is 36.9 Å². The third kappa shape index (κ3) is 2.36. The quantitative estimate of drug-likeness (QED) is 0.824. The molecule has 1 aromatic carbocycles. The van der Waals surface area contributed by atoms with Crippen molar-refractivity contribution in [3.05, 3.63) is 29.3 Å². The number of nitrogens with two attached hydrogens (primary N) is 1. The molecule has 1 fully saturated rings. The molecular formula is C13H20N2O. The molecule has 0 saturated carbocycles. The van der Waals surface area contributed by atoms with Gasteiger partial charge in [-0.25, -0.2) is 0 Å². The summed E-state index contributed by atoms with van der Waals surface area (Å²) < 4.78 is 5.56. The summed E-state index contributed by atoms with van der Waals surface area (Å²) in [5.41, 5.74) is 9.57. The molecule has 3 heteroatoms. The van der Waals surface area contributed by atoms with Crippen LogP contribution in [0.5, 0.6) is 0 Å². The maximum absolute atomic E-state index is 5.78. The lowest BCUT2D eigenvalue weighted by Crippen LogP contribution is -2.41. The Morgan fingerprint density at radius 1 is 1.50 bits per heavy atom. The van der Waals surface area contributed by atoms with Gasteiger partial charge in [0.25, 0.3) is 0 Å². The van der Waals surface area contributed by atoms with Crippen molar-refractivity contribution in [2.24, 2.45) is 5.73 Å². The number of aryl methyl sites for hydroxylation is 1. The summed E-state index contributed by atoms with van der Waals surface area (Å²) in [4.78, 5) is 2.38. The van der Waals surface area contributed by atoms with E-state index in [-0.39, 0.29) is 0 Å². The second-order valence-electron chi connectivity index (χ2n) is 4.46. The van der Waals surface area contributed by atoms with Gasteiger partial charge in [-0.2, -0.15) is 0 Å². The van der Waals surface area contributed by atoms with Crippen molar-refractivity contribution in [2.75, 3.05) is 24.6 Å². The van der Waals surface area contributed by atoms with Crippen LogP contribution in [0.1, 0.15) is 18.1 Å². The van der Waals surface area contributed by atoms with Gasteiger partial charge in [0.1, 0.15) is 0 Å². The number of benzene rings is 1. The molecule has 0 aliphatic carbocycles. The highest BCUT2D eigenvalue weighted by molar-refractivity contribution is 5.55. The summed E-state index contributed by atoms with van der Waals surface area (Å²) in [6.07, 6.45) is 0.305. The zero-order chi connectivity index (χ0) is 11.5. The van der Waals surface area contributed by atoms with Crippen LogP contribution in [0.4, 0.5) is 5.69 Å². The number of rotatable bonds is 2. The maximum Gasteiger partial charge on any atom is 0.0722 e. The van der Waals surface area contributed by atoms with Crippen molar-refractivity contribution in [2.45, 2.75) is 26.5 Å². The molecule has 1 unspecified atom stereocenters. The lowest BCUT2D eigenvalue weighted by molar-refractivity contribution is 0.0531. The van der Waals surface area contributed by atoms with E-state index in [1.54, 1.807) is 0 Å². The first kappa shape index (κ1) is 11.4. The molecule has 88 valence electrons. The second-order valence-corrected chi connectivity index (χ2v) is 4.46. The molecule has 0 radical (unpaired) electrons. The Labute approximate surface area is 97.2 Å². The predicted octanol–water partition coefficient (Wildman–Crippen LogP) is 1.68. The smallest absolute Gasteiger partial charge is 0.0722 e. The predicted molar refractivity (Wildman–Crippen MR) is 66.7 cm³/mol. The van der Waals surface area contributed by atoms with Crippen LogP contribution in [0.15, 0.2) is 18.2 Å². The second kappa shape index (κ2) is 4.85. The summed E-state index contributed by atoms with van der Waals surface area (Å²) >= 11 is 0. The van der Waals surface area contributed by atoms with Gasteiger partial charge in [-0.05, 0) is 31.0 Å². The van der Waals surface area contributed by atoms with Crippen molar-refractivity contribution in [3.63, 3.8) is 0 Å². The van der Waals surface area contributed by atoms with Gasteiger partial charge in [0, 0.05) is 25.3 Å². The van der Waals surface area contributed by atoms with Crippen LogP contribution in [-0.2, 0) is 11.3 Å². The lowest BCUT2D eigenvalue weighted by atomic mass is 10.1. The van der Waals surface area contributed by atoms with Gasteiger partial charge in [0.15, 0.2) is 0 Å². The Kier molecular flexibility index (Phi) is 3.46. The van der Waals surface area contributed by atoms with Gasteiger partial charge in [0.05, 0.1) is 12.7 Å². The minimum absolute atomic E-state index is 0.305. The minimum Gasteiger partial charge on any atom is -0.375 e. The van der Waals surface area contributed by atoms with Gasteiger partial charge in [-0.1, -0.05) is 12.1 Å². The molecule has 2 N–H and O–H groups in total. The van der Waals surface area contributed by atoms with Crippen LogP contribution in [0.25, 0.3) is 0 Å². The number of anilines is 1. The zero-order valence-corrected chi connectivity index (χ0v) is 10.1. The zero-order valence-electron chi connectivity index (χ0n) is 10.1. The van der Waals surface area contributed by atoms with E-state index in [0.29, 0.717) is 12.6 Å². The molecule has 1 aliphatic rings. The third-order valence-corrected chi connectivity index (χ3v) is 3.04. The molecule has 1 atom stereocenters. The third-order valence-electron chi connectivity index (χ3n) is 3.04. The van der Waals surface area contributed by atoms with E-state index in [4.69, 9.17) is 10.5 Å². The standard InChI is InChI=1S/C13H20N2O/c1-10-3-4-12(8-14)13(7-10)15-5-6-16-11(2)9-15/h3-4,7,11H,5-6,8-9,14H2,1-2H3. The molecule has 2 rings (SSSR count). The van der Waals surface area contributed by atoms with Gasteiger partial charge in [-0.3, -0.25) is 0 Å². The summed E-state index contributed by atoms with van der Waals surface area (Å²) in [7, 11) is 0. The maximum atomic E-state index is 5.78. The summed E-state index contributed by atoms with van der Waals surface area (Å²) in [5.74, 6) is 0. The summed E-state index contributed by atoms with van der Waals surface area (Å²) in [5, 5.41) is 0. The normalized spacial score (nSPS) is 21.2. The van der Waals surface area contributed by atoms with Gasteiger partial charge in [-0.15, -0.1) is 0 Å². The molecule has 16 heavy (non-hydrogen) atoms. The van der Waals surface area contributed by atoms with Gasteiger partial charge in [0.2, 0.25) is 0 Å². The number of hydrogen-bond donors (Lipinski definition) is 1. The average molecular weight is 220 g/mol. The van der Waals surface area contributed by atoms with Crippen LogP contribution in [0, 0.1) is 6.92 Å². The van der Waals surface area contributed by atoms with E-state index in [9.17, 15) is 0 Å². The van der Waals surface area contributed by atoms with Crippen molar-refractivity contribution >= 4 is 5.69 Å². The highest BCUT2D eigenvalue weighted by Gasteiger charge is 2.18. The highest BCUT2D eigenvalue weighted by atomic mass is 16.5. The highest BCUT2D eigenvalue weighted by Crippen LogP contribution is 2.24. The Morgan fingerprint density at radius 2 is 2.31 bits per heavy atom. The molecule has 0 bridgehead atoms. The summed E-state index contributed by atoms with van der Waals surface area (Å²) in [6.45, 7) is 7.55. The van der Waals surface area contributed by atoms with Crippen LogP contribution < -0.4 is 10.6 Å². The first-order chi connectivity index (χ1) is 7.70. The van der Waals surface area contributed by atoms with Gasteiger partial charge < -0.3 is 15.4 Å². The monoisotopic (exact) mass is 220 g/mol. The minimum atomic E-state index is 0.305. The number of ether oxygens (including phenoxy) is 1. The van der Waals surface area contributed by atoms with Gasteiger partial charge >= 0.3 is 0 Å². The average Bonchev–Trinajstić information content (AvgIpc) is 2.29. The van der Waals surface area contributed by atoms with Crippen molar-refractivity contribution in [1.82, 2.24) is 0 Å². The lowest BCUT2D eigenvalue weighted by Gasteiger charge is -2.34. The van der Waals surface area contributed by atoms with E-state index in [0.717, 1.165) is 19.7 Å². The van der Waals surface area contributed by atoms with E-state index in [1.165, 1.54) is 16.8 Å². The molecule has 0 spiro atoms. The Bertz CT molecular complexity index is 365. The summed E-state index contributed by atoms with van der Waals surface area (Å²) in [6, 6.07) is 6.47. The molecule has 1 heterocycles. The Balaban J connectivity index is 2.26. The van der Waals surface area contributed by atoms with Crippen molar-refractivity contribution < 1.29 is 4.74 Å². The number of hydrogen-bond acceptors (Lipinski definition) is 3. The van der Waals surface area contributed by atoms with Crippen molar-refractivity contribution in [3.8, 4) is 0 Å². The fourth-order valence-corrected chi connectivity index (χ4v) is 2.18. The molecule has 1 aliphatic heterocycles. The molecule has 0 amide bonds. The molecular weight excluding hydrogens is 200 g/mol.